The average Bonchev–Trinajstić information content (AvgIpc) is 2.93. The van der Waals surface area contributed by atoms with E-state index in [1.54, 1.807) is 0 Å². The molecule has 1 aromatic rings. The number of hydrogen-bond donors (Lipinski definition) is 1. The molecule has 1 saturated carbocycles. The second kappa shape index (κ2) is 6.09. The highest BCUT2D eigenvalue weighted by molar-refractivity contribution is 9.10. The van der Waals surface area contributed by atoms with E-state index in [0.717, 1.165) is 25.7 Å². The molecule has 1 aliphatic carbocycles. The molecular formula is C13H18BrFN2O2S. The van der Waals surface area contributed by atoms with Crippen molar-refractivity contribution in [1.82, 2.24) is 4.31 Å². The molecule has 0 bridgehead atoms. The van der Waals surface area contributed by atoms with Crippen molar-refractivity contribution in [2.24, 2.45) is 5.73 Å². The van der Waals surface area contributed by atoms with E-state index in [1.807, 2.05) is 0 Å². The Hall–Kier alpha value is -0.500. The van der Waals surface area contributed by atoms with E-state index in [2.05, 4.69) is 15.9 Å². The van der Waals surface area contributed by atoms with Gasteiger partial charge in [-0.1, -0.05) is 28.8 Å². The Bertz CT molecular complexity index is 601. The molecule has 0 atom stereocenters. The zero-order chi connectivity index (χ0) is 14.9. The van der Waals surface area contributed by atoms with Gasteiger partial charge in [0.15, 0.2) is 0 Å². The van der Waals surface area contributed by atoms with Crippen molar-refractivity contribution in [3.63, 3.8) is 0 Å². The van der Waals surface area contributed by atoms with Crippen LogP contribution in [-0.2, 0) is 16.6 Å². The summed E-state index contributed by atoms with van der Waals surface area (Å²) in [5, 5.41) is 0. The van der Waals surface area contributed by atoms with Crippen molar-refractivity contribution in [1.29, 1.82) is 0 Å². The molecule has 0 unspecified atom stereocenters. The zero-order valence-corrected chi connectivity index (χ0v) is 13.7. The van der Waals surface area contributed by atoms with Crippen LogP contribution in [0.1, 0.15) is 31.2 Å². The molecular weight excluding hydrogens is 347 g/mol. The number of halogens is 2. The Balaban J connectivity index is 2.45. The van der Waals surface area contributed by atoms with Gasteiger partial charge in [-0.25, -0.2) is 12.8 Å². The summed E-state index contributed by atoms with van der Waals surface area (Å²) in [5.74, 6) is -0.749. The van der Waals surface area contributed by atoms with Crippen LogP contribution in [0.5, 0.6) is 0 Å². The lowest BCUT2D eigenvalue weighted by Crippen LogP contribution is -2.35. The van der Waals surface area contributed by atoms with E-state index in [-0.39, 0.29) is 23.0 Å². The van der Waals surface area contributed by atoms with Gasteiger partial charge in [-0.3, -0.25) is 0 Å². The third-order valence-electron chi connectivity index (χ3n) is 3.80. The van der Waals surface area contributed by atoms with E-state index in [0.29, 0.717) is 4.47 Å². The molecule has 0 aliphatic heterocycles. The fourth-order valence-corrected chi connectivity index (χ4v) is 4.78. The maximum atomic E-state index is 14.3. The van der Waals surface area contributed by atoms with E-state index >= 15 is 0 Å². The van der Waals surface area contributed by atoms with Gasteiger partial charge >= 0.3 is 0 Å². The van der Waals surface area contributed by atoms with Crippen LogP contribution >= 0.6 is 15.9 Å². The van der Waals surface area contributed by atoms with E-state index in [1.165, 1.54) is 23.5 Å². The van der Waals surface area contributed by atoms with Gasteiger partial charge in [0.05, 0.1) is 0 Å². The summed E-state index contributed by atoms with van der Waals surface area (Å²) in [5.41, 5.74) is 5.65. The predicted octanol–water partition coefficient (Wildman–Crippen LogP) is 2.61. The number of hydrogen-bond acceptors (Lipinski definition) is 3. The number of rotatable bonds is 4. The molecule has 1 aromatic carbocycles. The second-order valence-corrected chi connectivity index (χ2v) is 7.92. The minimum Gasteiger partial charge on any atom is -0.326 e. The third kappa shape index (κ3) is 2.90. The van der Waals surface area contributed by atoms with E-state index in [4.69, 9.17) is 5.73 Å². The van der Waals surface area contributed by atoms with Gasteiger partial charge < -0.3 is 5.73 Å². The normalized spacial score (nSPS) is 17.1. The maximum absolute atomic E-state index is 14.3. The number of nitrogens with zero attached hydrogens (tertiary/aromatic N) is 1. The summed E-state index contributed by atoms with van der Waals surface area (Å²) >= 11 is 3.21. The van der Waals surface area contributed by atoms with Gasteiger partial charge in [-0.2, -0.15) is 4.31 Å². The molecule has 0 spiro atoms. The highest BCUT2D eigenvalue weighted by Gasteiger charge is 2.32. The molecule has 0 amide bonds. The first-order valence-corrected chi connectivity index (χ1v) is 8.77. The van der Waals surface area contributed by atoms with Gasteiger partial charge in [0.1, 0.15) is 10.7 Å². The minimum absolute atomic E-state index is 0.0407. The van der Waals surface area contributed by atoms with Crippen LogP contribution in [0, 0.1) is 5.82 Å². The van der Waals surface area contributed by atoms with Crippen LogP contribution in [-0.4, -0.2) is 25.8 Å². The smallest absolute Gasteiger partial charge is 0.246 e. The molecule has 1 fully saturated rings. The van der Waals surface area contributed by atoms with Crippen LogP contribution in [0.25, 0.3) is 0 Å². The Kier molecular flexibility index (Phi) is 4.84. The van der Waals surface area contributed by atoms with Crippen molar-refractivity contribution < 1.29 is 12.8 Å². The predicted molar refractivity (Wildman–Crippen MR) is 79.2 cm³/mol. The fraction of sp³-hybridized carbons (Fsp3) is 0.538. The lowest BCUT2D eigenvalue weighted by atomic mass is 10.2. The maximum Gasteiger partial charge on any atom is 0.246 e. The molecule has 0 radical (unpaired) electrons. The average molecular weight is 365 g/mol. The quantitative estimate of drug-likeness (QED) is 0.892. The number of benzene rings is 1. The monoisotopic (exact) mass is 364 g/mol. The van der Waals surface area contributed by atoms with Crippen LogP contribution in [0.4, 0.5) is 4.39 Å². The Morgan fingerprint density at radius 3 is 2.55 bits per heavy atom. The summed E-state index contributed by atoms with van der Waals surface area (Å²) in [4.78, 5) is -0.304. The van der Waals surface area contributed by atoms with Crippen molar-refractivity contribution in [2.75, 3.05) is 7.05 Å². The van der Waals surface area contributed by atoms with Gasteiger partial charge in [-0.15, -0.1) is 0 Å². The molecule has 1 aliphatic rings. The SMILES string of the molecule is CN(C1CCCC1)S(=O)(=O)c1cc(Br)cc(CN)c1F. The minimum atomic E-state index is -3.84. The third-order valence-corrected chi connectivity index (χ3v) is 6.16. The molecule has 0 heterocycles. The first kappa shape index (κ1) is 15.9. The van der Waals surface area contributed by atoms with Crippen molar-refractivity contribution in [3.05, 3.63) is 28.0 Å². The number of sulfonamides is 1. The van der Waals surface area contributed by atoms with Crippen molar-refractivity contribution in [3.8, 4) is 0 Å². The van der Waals surface area contributed by atoms with Crippen molar-refractivity contribution in [2.45, 2.75) is 43.2 Å². The van der Waals surface area contributed by atoms with Gasteiger partial charge in [-0.05, 0) is 25.0 Å². The molecule has 0 aromatic heterocycles. The van der Waals surface area contributed by atoms with Gasteiger partial charge in [0.25, 0.3) is 0 Å². The summed E-state index contributed by atoms with van der Waals surface area (Å²) in [6, 6.07) is 2.76. The molecule has 0 saturated heterocycles. The summed E-state index contributed by atoms with van der Waals surface area (Å²) < 4.78 is 41.3. The van der Waals surface area contributed by atoms with Crippen LogP contribution in [0.15, 0.2) is 21.5 Å². The van der Waals surface area contributed by atoms with E-state index < -0.39 is 15.8 Å². The van der Waals surface area contributed by atoms with Gasteiger partial charge in [0.2, 0.25) is 10.0 Å². The van der Waals surface area contributed by atoms with Gasteiger partial charge in [0, 0.05) is 29.7 Å². The first-order chi connectivity index (χ1) is 9.37. The summed E-state index contributed by atoms with van der Waals surface area (Å²) in [6.45, 7) is -0.0407. The lowest BCUT2D eigenvalue weighted by molar-refractivity contribution is 0.370. The molecule has 2 N–H and O–H groups in total. The summed E-state index contributed by atoms with van der Waals surface area (Å²) in [7, 11) is -2.31. The van der Waals surface area contributed by atoms with Crippen LogP contribution in [0.2, 0.25) is 0 Å². The second-order valence-electron chi connectivity index (χ2n) is 5.04. The molecule has 112 valence electrons. The summed E-state index contributed by atoms with van der Waals surface area (Å²) in [6.07, 6.45) is 3.68. The fourth-order valence-electron chi connectivity index (χ4n) is 2.57. The lowest BCUT2D eigenvalue weighted by Gasteiger charge is -2.24. The molecule has 4 nitrogen and oxygen atoms in total. The van der Waals surface area contributed by atoms with E-state index in [9.17, 15) is 12.8 Å². The Morgan fingerprint density at radius 1 is 1.40 bits per heavy atom. The highest BCUT2D eigenvalue weighted by atomic mass is 79.9. The zero-order valence-electron chi connectivity index (χ0n) is 11.3. The molecule has 2 rings (SSSR count). The topological polar surface area (TPSA) is 63.4 Å². The van der Waals surface area contributed by atoms with Crippen LogP contribution in [0.3, 0.4) is 0 Å². The number of nitrogens with two attached hydrogens (primary N) is 1. The first-order valence-electron chi connectivity index (χ1n) is 6.54. The standard InChI is InChI=1S/C13H18BrFN2O2S/c1-17(11-4-2-3-5-11)20(18,19)12-7-10(14)6-9(8-16)13(12)15/h6-7,11H,2-5,8,16H2,1H3. The van der Waals surface area contributed by atoms with Crippen molar-refractivity contribution >= 4 is 26.0 Å². The Morgan fingerprint density at radius 2 is 2.00 bits per heavy atom. The largest absolute Gasteiger partial charge is 0.326 e. The highest BCUT2D eigenvalue weighted by Crippen LogP contribution is 2.30. The molecule has 20 heavy (non-hydrogen) atoms. The Labute approximate surface area is 127 Å². The van der Waals surface area contributed by atoms with Crippen LogP contribution < -0.4 is 5.73 Å². The molecule has 7 heteroatoms.